The van der Waals surface area contributed by atoms with Gasteiger partial charge in [0.25, 0.3) is 0 Å². The summed E-state index contributed by atoms with van der Waals surface area (Å²) in [4.78, 5) is 12.1. The first-order chi connectivity index (χ1) is 9.70. The summed E-state index contributed by atoms with van der Waals surface area (Å²) >= 11 is 0. The molecule has 0 heterocycles. The Labute approximate surface area is 119 Å². The third kappa shape index (κ3) is 3.68. The number of benzene rings is 2. The molecule has 20 heavy (non-hydrogen) atoms. The second-order valence-electron chi connectivity index (χ2n) is 4.80. The molecule has 2 aromatic carbocycles. The van der Waals surface area contributed by atoms with Crippen LogP contribution in [-0.4, -0.2) is 11.9 Å². The van der Waals surface area contributed by atoms with E-state index >= 15 is 0 Å². The highest BCUT2D eigenvalue weighted by molar-refractivity contribution is 5.95. The zero-order chi connectivity index (χ0) is 14.4. The molecule has 0 aliphatic rings. The topological polar surface area (TPSA) is 55.1 Å². The molecular formula is C17H20N2O. The molecule has 0 aromatic heterocycles. The van der Waals surface area contributed by atoms with Crippen LogP contribution in [0.4, 0.5) is 5.69 Å². The number of para-hydroxylation sites is 1. The number of amides is 1. The Morgan fingerprint density at radius 2 is 1.75 bits per heavy atom. The molecule has 0 saturated carbocycles. The van der Waals surface area contributed by atoms with E-state index in [1.807, 2.05) is 54.6 Å². The summed E-state index contributed by atoms with van der Waals surface area (Å²) in [6.07, 6.45) is 1.42. The third-order valence-electron chi connectivity index (χ3n) is 3.29. The van der Waals surface area contributed by atoms with Gasteiger partial charge >= 0.3 is 0 Å². The monoisotopic (exact) mass is 268 g/mol. The molecule has 0 bridgehead atoms. The second kappa shape index (κ2) is 6.87. The highest BCUT2D eigenvalue weighted by Crippen LogP contribution is 2.15. The molecule has 3 nitrogen and oxygen atoms in total. The van der Waals surface area contributed by atoms with Gasteiger partial charge in [-0.15, -0.1) is 0 Å². The summed E-state index contributed by atoms with van der Waals surface area (Å²) in [6.45, 7) is 2.06. The maximum Gasteiger partial charge on any atom is 0.241 e. The van der Waals surface area contributed by atoms with Crippen molar-refractivity contribution >= 4 is 11.6 Å². The van der Waals surface area contributed by atoms with E-state index in [1.54, 1.807) is 0 Å². The van der Waals surface area contributed by atoms with Crippen LogP contribution in [0, 0.1) is 0 Å². The molecule has 2 rings (SSSR count). The van der Waals surface area contributed by atoms with E-state index in [4.69, 9.17) is 5.73 Å². The first-order valence-electron chi connectivity index (χ1n) is 6.89. The molecule has 1 amide bonds. The fourth-order valence-electron chi connectivity index (χ4n) is 2.14. The van der Waals surface area contributed by atoms with Gasteiger partial charge in [0.2, 0.25) is 5.91 Å². The minimum atomic E-state index is -0.540. The van der Waals surface area contributed by atoms with Crippen LogP contribution in [0.5, 0.6) is 0 Å². The number of rotatable bonds is 5. The van der Waals surface area contributed by atoms with Crippen molar-refractivity contribution in [3.63, 3.8) is 0 Å². The van der Waals surface area contributed by atoms with Gasteiger partial charge < -0.3 is 11.1 Å². The van der Waals surface area contributed by atoms with Crippen LogP contribution in [0.1, 0.15) is 18.1 Å². The molecule has 0 unspecified atom stereocenters. The number of aryl methyl sites for hydroxylation is 1. The van der Waals surface area contributed by atoms with E-state index in [9.17, 15) is 4.79 Å². The number of carbonyl (C=O) groups is 1. The van der Waals surface area contributed by atoms with E-state index in [1.165, 1.54) is 0 Å². The fraction of sp³-hybridized carbons (Fsp3) is 0.235. The smallest absolute Gasteiger partial charge is 0.241 e. The highest BCUT2D eigenvalue weighted by atomic mass is 16.2. The van der Waals surface area contributed by atoms with Gasteiger partial charge in [-0.05, 0) is 30.0 Å². The van der Waals surface area contributed by atoms with Crippen LogP contribution in [0.25, 0.3) is 0 Å². The molecule has 3 N–H and O–H groups in total. The van der Waals surface area contributed by atoms with Gasteiger partial charge in [0.1, 0.15) is 0 Å². The summed E-state index contributed by atoms with van der Waals surface area (Å²) < 4.78 is 0. The summed E-state index contributed by atoms with van der Waals surface area (Å²) in [5.41, 5.74) is 9.01. The number of nitrogens with one attached hydrogen (secondary N) is 1. The summed E-state index contributed by atoms with van der Waals surface area (Å²) in [5.74, 6) is -0.144. The van der Waals surface area contributed by atoms with Crippen molar-refractivity contribution in [3.8, 4) is 0 Å². The van der Waals surface area contributed by atoms with Gasteiger partial charge in [-0.2, -0.15) is 0 Å². The Hall–Kier alpha value is -2.13. The first kappa shape index (κ1) is 14.3. The molecule has 0 aliphatic heterocycles. The third-order valence-corrected chi connectivity index (χ3v) is 3.29. The lowest BCUT2D eigenvalue weighted by atomic mass is 10.1. The standard InChI is InChI=1S/C17H20N2O/c1-2-14-10-6-7-11-16(14)19-17(20)15(18)12-13-8-4-3-5-9-13/h3-11,15H,2,12,18H2,1H3,(H,19,20)/t15-/m0/s1. The zero-order valence-corrected chi connectivity index (χ0v) is 11.7. The minimum absolute atomic E-state index is 0.144. The van der Waals surface area contributed by atoms with E-state index in [-0.39, 0.29) is 5.91 Å². The van der Waals surface area contributed by atoms with Crippen molar-refractivity contribution in [2.75, 3.05) is 5.32 Å². The Morgan fingerprint density at radius 1 is 1.10 bits per heavy atom. The average Bonchev–Trinajstić information content (AvgIpc) is 2.48. The van der Waals surface area contributed by atoms with Crippen LogP contribution in [0.15, 0.2) is 54.6 Å². The molecule has 0 aliphatic carbocycles. The number of hydrogen-bond donors (Lipinski definition) is 2. The average molecular weight is 268 g/mol. The van der Waals surface area contributed by atoms with E-state index in [2.05, 4.69) is 12.2 Å². The first-order valence-corrected chi connectivity index (χ1v) is 6.89. The van der Waals surface area contributed by atoms with Crippen LogP contribution < -0.4 is 11.1 Å². The van der Waals surface area contributed by atoms with Gasteiger partial charge in [0, 0.05) is 5.69 Å². The van der Waals surface area contributed by atoms with Crippen molar-refractivity contribution in [2.45, 2.75) is 25.8 Å². The van der Waals surface area contributed by atoms with E-state index < -0.39 is 6.04 Å². The number of anilines is 1. The molecule has 0 saturated heterocycles. The van der Waals surface area contributed by atoms with Crippen molar-refractivity contribution < 1.29 is 4.79 Å². The van der Waals surface area contributed by atoms with Crippen molar-refractivity contribution in [1.82, 2.24) is 0 Å². The predicted octanol–water partition coefficient (Wildman–Crippen LogP) is 2.76. The van der Waals surface area contributed by atoms with Gasteiger partial charge in [0.15, 0.2) is 0 Å². The summed E-state index contributed by atoms with van der Waals surface area (Å²) in [5, 5.41) is 2.92. The number of nitrogens with two attached hydrogens (primary N) is 1. The SMILES string of the molecule is CCc1ccccc1NC(=O)[C@@H](N)Cc1ccccc1. The molecule has 0 fully saturated rings. The van der Waals surface area contributed by atoms with Gasteiger partial charge in [-0.25, -0.2) is 0 Å². The molecule has 3 heteroatoms. The highest BCUT2D eigenvalue weighted by Gasteiger charge is 2.15. The van der Waals surface area contributed by atoms with Gasteiger partial charge in [-0.1, -0.05) is 55.5 Å². The maximum absolute atomic E-state index is 12.1. The molecule has 2 aromatic rings. The number of hydrogen-bond acceptors (Lipinski definition) is 2. The lowest BCUT2D eigenvalue weighted by Crippen LogP contribution is -2.37. The van der Waals surface area contributed by atoms with Crippen LogP contribution in [0.3, 0.4) is 0 Å². The van der Waals surface area contributed by atoms with E-state index in [0.29, 0.717) is 6.42 Å². The summed E-state index contributed by atoms with van der Waals surface area (Å²) in [7, 11) is 0. The molecule has 104 valence electrons. The second-order valence-corrected chi connectivity index (χ2v) is 4.80. The summed E-state index contributed by atoms with van der Waals surface area (Å²) in [6, 6.07) is 17.1. The Balaban J connectivity index is 2.01. The minimum Gasteiger partial charge on any atom is -0.324 e. The van der Waals surface area contributed by atoms with Crippen molar-refractivity contribution in [3.05, 3.63) is 65.7 Å². The van der Waals surface area contributed by atoms with Crippen LogP contribution >= 0.6 is 0 Å². The van der Waals surface area contributed by atoms with Crippen LogP contribution in [-0.2, 0) is 17.6 Å². The van der Waals surface area contributed by atoms with Crippen molar-refractivity contribution in [1.29, 1.82) is 0 Å². The predicted molar refractivity (Wildman–Crippen MR) is 82.6 cm³/mol. The lowest BCUT2D eigenvalue weighted by molar-refractivity contribution is -0.117. The van der Waals surface area contributed by atoms with E-state index in [0.717, 1.165) is 23.2 Å². The molecule has 0 spiro atoms. The lowest BCUT2D eigenvalue weighted by Gasteiger charge is -2.14. The van der Waals surface area contributed by atoms with Gasteiger partial charge in [-0.3, -0.25) is 4.79 Å². The molecular weight excluding hydrogens is 248 g/mol. The molecule has 0 radical (unpaired) electrons. The quantitative estimate of drug-likeness (QED) is 0.876. The molecule has 1 atom stereocenters. The Morgan fingerprint density at radius 3 is 2.45 bits per heavy atom. The Kier molecular flexibility index (Phi) is 4.91. The largest absolute Gasteiger partial charge is 0.324 e. The normalized spacial score (nSPS) is 11.9. The van der Waals surface area contributed by atoms with Crippen molar-refractivity contribution in [2.24, 2.45) is 5.73 Å². The van der Waals surface area contributed by atoms with Crippen LogP contribution in [0.2, 0.25) is 0 Å². The van der Waals surface area contributed by atoms with Gasteiger partial charge in [0.05, 0.1) is 6.04 Å². The fourth-order valence-corrected chi connectivity index (χ4v) is 2.14. The zero-order valence-electron chi connectivity index (χ0n) is 11.7. The number of carbonyl (C=O) groups excluding carboxylic acids is 1. The maximum atomic E-state index is 12.1. The Bertz CT molecular complexity index is 566.